The molecule has 0 radical (unpaired) electrons. The van der Waals surface area contributed by atoms with Gasteiger partial charge < -0.3 is 20.3 Å². The Morgan fingerprint density at radius 2 is 1.69 bits per heavy atom. The number of fused-ring (bicyclic) bond motifs is 3. The van der Waals surface area contributed by atoms with Crippen molar-refractivity contribution in [2.45, 2.75) is 56.5 Å². The standard InChI is InChI=1S/C22H25N3.C2HF3O2/c1-2-4-16(5-3-1)15-25(21-13-18-6-7-19(14-21)24-18)20-8-9-22-17(12-20)10-11-23-22;3-2(4,5)1(6)7/h1-5,8-12,18-19,21,23-24H,6-7,13-15H2;(H,6,7). The molecule has 170 valence electrons. The van der Waals surface area contributed by atoms with Crippen molar-refractivity contribution in [1.82, 2.24) is 10.3 Å². The number of alkyl halides is 3. The van der Waals surface area contributed by atoms with Gasteiger partial charge in [0.2, 0.25) is 0 Å². The molecule has 0 aliphatic carbocycles. The van der Waals surface area contributed by atoms with Gasteiger partial charge in [0.15, 0.2) is 0 Å². The molecule has 0 saturated carbocycles. The molecule has 2 aliphatic rings. The number of carboxylic acid groups (broad SMARTS) is 1. The van der Waals surface area contributed by atoms with E-state index >= 15 is 0 Å². The number of piperidine rings is 1. The quantitative estimate of drug-likeness (QED) is 0.523. The minimum absolute atomic E-state index is 0.621. The van der Waals surface area contributed by atoms with Gasteiger partial charge >= 0.3 is 12.1 Å². The van der Waals surface area contributed by atoms with Crippen LogP contribution in [0.4, 0.5) is 18.9 Å². The highest BCUT2D eigenvalue weighted by atomic mass is 19.4. The third-order valence-corrected chi connectivity index (χ3v) is 6.20. The van der Waals surface area contributed by atoms with Gasteiger partial charge in [0.05, 0.1) is 0 Å². The minimum atomic E-state index is -5.08. The summed E-state index contributed by atoms with van der Waals surface area (Å²) >= 11 is 0. The number of carboxylic acids is 1. The zero-order chi connectivity index (χ0) is 22.7. The van der Waals surface area contributed by atoms with Crippen molar-refractivity contribution in [3.05, 3.63) is 66.4 Å². The number of aromatic nitrogens is 1. The van der Waals surface area contributed by atoms with E-state index in [9.17, 15) is 13.2 Å². The predicted molar refractivity (Wildman–Crippen MR) is 118 cm³/mol. The van der Waals surface area contributed by atoms with E-state index in [2.05, 4.69) is 69.8 Å². The van der Waals surface area contributed by atoms with Gasteiger partial charge in [-0.25, -0.2) is 4.79 Å². The fraction of sp³-hybridized carbons (Fsp3) is 0.375. The van der Waals surface area contributed by atoms with E-state index < -0.39 is 12.1 Å². The van der Waals surface area contributed by atoms with Crippen molar-refractivity contribution in [3.8, 4) is 0 Å². The summed E-state index contributed by atoms with van der Waals surface area (Å²) in [6.07, 6.45) is 2.15. The van der Waals surface area contributed by atoms with Crippen LogP contribution < -0.4 is 10.2 Å². The smallest absolute Gasteiger partial charge is 0.475 e. The van der Waals surface area contributed by atoms with Gasteiger partial charge in [-0.05, 0) is 55.5 Å². The SMILES string of the molecule is O=C(O)C(F)(F)F.c1ccc(CN(c2ccc3[nH]ccc3c2)C2CC3CCC(C2)N3)cc1. The number of aliphatic carboxylic acids is 1. The van der Waals surface area contributed by atoms with Gasteiger partial charge in [-0.3, -0.25) is 0 Å². The number of H-pyrrole nitrogens is 1. The zero-order valence-electron chi connectivity index (χ0n) is 17.5. The van der Waals surface area contributed by atoms with Gasteiger partial charge in [-0.1, -0.05) is 30.3 Å². The van der Waals surface area contributed by atoms with Crippen molar-refractivity contribution in [1.29, 1.82) is 0 Å². The second kappa shape index (κ2) is 9.24. The maximum absolute atomic E-state index is 10.6. The molecule has 8 heteroatoms. The second-order valence-electron chi connectivity index (χ2n) is 8.43. The van der Waals surface area contributed by atoms with Gasteiger partial charge in [0.1, 0.15) is 0 Å². The van der Waals surface area contributed by atoms with Crippen LogP contribution in [0.2, 0.25) is 0 Å². The number of carbonyl (C=O) groups is 1. The minimum Gasteiger partial charge on any atom is -0.475 e. The van der Waals surface area contributed by atoms with E-state index in [4.69, 9.17) is 9.90 Å². The molecule has 2 bridgehead atoms. The second-order valence-corrected chi connectivity index (χ2v) is 8.43. The number of anilines is 1. The highest BCUT2D eigenvalue weighted by Gasteiger charge is 2.38. The first-order valence-corrected chi connectivity index (χ1v) is 10.7. The molecule has 2 atom stereocenters. The summed E-state index contributed by atoms with van der Waals surface area (Å²) in [4.78, 5) is 14.9. The molecule has 2 aliphatic heterocycles. The molecule has 3 N–H and O–H groups in total. The number of rotatable bonds is 4. The third kappa shape index (κ3) is 5.24. The first-order chi connectivity index (χ1) is 15.3. The van der Waals surface area contributed by atoms with Crippen molar-refractivity contribution in [2.75, 3.05) is 4.90 Å². The molecule has 3 aromatic rings. The number of hydrogen-bond acceptors (Lipinski definition) is 3. The predicted octanol–water partition coefficient (Wildman–Crippen LogP) is 5.09. The fourth-order valence-corrected chi connectivity index (χ4v) is 4.71. The Kier molecular flexibility index (Phi) is 6.41. The molecule has 5 rings (SSSR count). The number of nitrogens with zero attached hydrogens (tertiary/aromatic N) is 1. The highest BCUT2D eigenvalue weighted by Crippen LogP contribution is 2.34. The van der Waals surface area contributed by atoms with E-state index in [1.165, 1.54) is 47.8 Å². The van der Waals surface area contributed by atoms with Crippen molar-refractivity contribution in [3.63, 3.8) is 0 Å². The van der Waals surface area contributed by atoms with Gasteiger partial charge in [0.25, 0.3) is 0 Å². The lowest BCUT2D eigenvalue weighted by molar-refractivity contribution is -0.192. The molecule has 0 spiro atoms. The van der Waals surface area contributed by atoms with Crippen molar-refractivity contribution < 1.29 is 23.1 Å². The van der Waals surface area contributed by atoms with Gasteiger partial charge in [-0.2, -0.15) is 13.2 Å². The van der Waals surface area contributed by atoms with Crippen LogP contribution in [0.1, 0.15) is 31.2 Å². The highest BCUT2D eigenvalue weighted by molar-refractivity contribution is 5.83. The number of aromatic amines is 1. The Balaban J connectivity index is 0.000000307. The largest absolute Gasteiger partial charge is 0.490 e. The first-order valence-electron chi connectivity index (χ1n) is 10.7. The molecule has 0 amide bonds. The first kappa shape index (κ1) is 22.2. The number of nitrogens with one attached hydrogen (secondary N) is 2. The van der Waals surface area contributed by atoms with E-state index in [0.717, 1.165) is 6.54 Å². The lowest BCUT2D eigenvalue weighted by Crippen LogP contribution is -2.48. The summed E-state index contributed by atoms with van der Waals surface area (Å²) in [7, 11) is 0. The summed E-state index contributed by atoms with van der Waals surface area (Å²) in [6.45, 7) is 0.987. The van der Waals surface area contributed by atoms with Crippen LogP contribution in [-0.4, -0.2) is 40.4 Å². The number of halogens is 3. The maximum atomic E-state index is 10.6. The molecule has 2 aromatic carbocycles. The monoisotopic (exact) mass is 445 g/mol. The van der Waals surface area contributed by atoms with E-state index in [0.29, 0.717) is 18.1 Å². The van der Waals surface area contributed by atoms with Crippen LogP contribution in [0.5, 0.6) is 0 Å². The molecule has 3 heterocycles. The lowest BCUT2D eigenvalue weighted by atomic mass is 9.96. The third-order valence-electron chi connectivity index (χ3n) is 6.20. The number of benzene rings is 2. The van der Waals surface area contributed by atoms with Crippen LogP contribution in [0, 0.1) is 0 Å². The van der Waals surface area contributed by atoms with Crippen LogP contribution in [0.15, 0.2) is 60.8 Å². The van der Waals surface area contributed by atoms with Crippen LogP contribution in [0.25, 0.3) is 10.9 Å². The molecular weight excluding hydrogens is 419 g/mol. The van der Waals surface area contributed by atoms with E-state index in [1.54, 1.807) is 0 Å². The van der Waals surface area contributed by atoms with Gasteiger partial charge in [-0.15, -0.1) is 0 Å². The van der Waals surface area contributed by atoms with Crippen molar-refractivity contribution in [2.24, 2.45) is 0 Å². The van der Waals surface area contributed by atoms with Crippen LogP contribution in [-0.2, 0) is 11.3 Å². The Labute approximate surface area is 184 Å². The van der Waals surface area contributed by atoms with Gasteiger partial charge in [0, 0.05) is 47.5 Å². The summed E-state index contributed by atoms with van der Waals surface area (Å²) in [5.74, 6) is -2.76. The average molecular weight is 445 g/mol. The average Bonchev–Trinajstić information content (AvgIpc) is 3.37. The number of hydrogen-bond donors (Lipinski definition) is 3. The van der Waals surface area contributed by atoms with Crippen LogP contribution >= 0.6 is 0 Å². The molecule has 5 nitrogen and oxygen atoms in total. The lowest BCUT2D eigenvalue weighted by Gasteiger charge is -2.39. The summed E-state index contributed by atoms with van der Waals surface area (Å²) in [5, 5.41) is 12.2. The van der Waals surface area contributed by atoms with E-state index in [-0.39, 0.29) is 0 Å². The topological polar surface area (TPSA) is 68.4 Å². The molecular formula is C24H26F3N3O2. The van der Waals surface area contributed by atoms with Crippen LogP contribution in [0.3, 0.4) is 0 Å². The zero-order valence-corrected chi connectivity index (χ0v) is 17.5. The summed E-state index contributed by atoms with van der Waals surface area (Å²) in [6, 6.07) is 21.9. The Morgan fingerprint density at radius 3 is 2.31 bits per heavy atom. The normalized spacial score (nSPS) is 22.3. The molecule has 2 saturated heterocycles. The molecule has 2 unspecified atom stereocenters. The van der Waals surface area contributed by atoms with Crippen molar-refractivity contribution >= 4 is 22.6 Å². The Hall–Kier alpha value is -3.00. The maximum Gasteiger partial charge on any atom is 0.490 e. The Morgan fingerprint density at radius 1 is 1.03 bits per heavy atom. The fourth-order valence-electron chi connectivity index (χ4n) is 4.71. The van der Waals surface area contributed by atoms with E-state index in [1.807, 2.05) is 6.20 Å². The Bertz CT molecular complexity index is 1040. The summed E-state index contributed by atoms with van der Waals surface area (Å²) in [5.41, 5.74) is 3.96. The summed E-state index contributed by atoms with van der Waals surface area (Å²) < 4.78 is 31.7. The molecule has 32 heavy (non-hydrogen) atoms. The molecule has 2 fully saturated rings. The molecule has 1 aromatic heterocycles.